The maximum atomic E-state index is 12.6. The number of hydrogen-bond acceptors (Lipinski definition) is 5. The number of nitrogens with zero attached hydrogens (tertiary/aromatic N) is 1. The van der Waals surface area contributed by atoms with Gasteiger partial charge in [-0.05, 0) is 18.9 Å². The largest absolute Gasteiger partial charge is 0.379 e. The molecule has 0 aromatic heterocycles. The Morgan fingerprint density at radius 2 is 1.84 bits per heavy atom. The van der Waals surface area contributed by atoms with Crippen LogP contribution in [0.5, 0.6) is 0 Å². The van der Waals surface area contributed by atoms with Crippen molar-refractivity contribution in [2.75, 3.05) is 27.7 Å². The topological polar surface area (TPSA) is 87.7 Å². The molecule has 0 aliphatic carbocycles. The highest BCUT2D eigenvalue weighted by atomic mass is 16.5. The van der Waals surface area contributed by atoms with Crippen LogP contribution in [0.2, 0.25) is 0 Å². The lowest BCUT2D eigenvalue weighted by molar-refractivity contribution is -0.138. The van der Waals surface area contributed by atoms with E-state index in [2.05, 4.69) is 10.6 Å². The molecular formula is C18H35N3O4. The van der Waals surface area contributed by atoms with Gasteiger partial charge in [-0.2, -0.15) is 0 Å². The lowest BCUT2D eigenvalue weighted by Crippen LogP contribution is -2.53. The molecule has 0 fully saturated rings. The Labute approximate surface area is 151 Å². The quantitative estimate of drug-likeness (QED) is 0.505. The third kappa shape index (κ3) is 7.12. The summed E-state index contributed by atoms with van der Waals surface area (Å²) in [7, 11) is 4.96. The number of likely N-dealkylation sites (N-methyl/N-ethyl adjacent to an activating group) is 2. The van der Waals surface area contributed by atoms with Gasteiger partial charge in [0.15, 0.2) is 0 Å². The molecule has 0 saturated carbocycles. The number of nitrogens with one attached hydrogen (secondary N) is 2. The maximum absolute atomic E-state index is 12.6. The first kappa shape index (κ1) is 23.5. The van der Waals surface area contributed by atoms with Crippen LogP contribution in [0.25, 0.3) is 0 Å². The summed E-state index contributed by atoms with van der Waals surface area (Å²) in [4.78, 5) is 37.3. The van der Waals surface area contributed by atoms with Gasteiger partial charge in [0.1, 0.15) is 6.29 Å². The first-order valence-corrected chi connectivity index (χ1v) is 8.92. The second-order valence-electron chi connectivity index (χ2n) is 6.79. The van der Waals surface area contributed by atoms with Crippen molar-refractivity contribution < 1.29 is 19.1 Å². The maximum Gasteiger partial charge on any atom is 0.242 e. The van der Waals surface area contributed by atoms with E-state index >= 15 is 0 Å². The van der Waals surface area contributed by atoms with Crippen molar-refractivity contribution in [3.8, 4) is 0 Å². The summed E-state index contributed by atoms with van der Waals surface area (Å²) < 4.78 is 5.44. The molecule has 0 aliphatic heterocycles. The first-order valence-electron chi connectivity index (χ1n) is 8.92. The fourth-order valence-corrected chi connectivity index (χ4v) is 3.04. The molecule has 0 bridgehead atoms. The monoisotopic (exact) mass is 357 g/mol. The second kappa shape index (κ2) is 12.0. The van der Waals surface area contributed by atoms with Crippen LogP contribution in [-0.4, -0.2) is 68.9 Å². The normalized spacial score (nSPS) is 16.0. The minimum absolute atomic E-state index is 0.0787. The Hall–Kier alpha value is -1.47. The fraction of sp³-hybridized carbons (Fsp3) is 0.833. The van der Waals surface area contributed by atoms with Gasteiger partial charge in [-0.15, -0.1) is 0 Å². The minimum Gasteiger partial charge on any atom is -0.379 e. The molecule has 2 N–H and O–H groups in total. The van der Waals surface area contributed by atoms with Gasteiger partial charge in [0.2, 0.25) is 11.8 Å². The Bertz CT molecular complexity index is 429. The summed E-state index contributed by atoms with van der Waals surface area (Å²) in [6.07, 6.45) is 1.52. The SMILES string of the molecule is CC[C@H](C)[C@@H]([C@@H](CC=O)OC)N(C)C(=O)CNC(=O)[C@@H](NC)C(C)C. The summed E-state index contributed by atoms with van der Waals surface area (Å²) >= 11 is 0. The van der Waals surface area contributed by atoms with E-state index in [4.69, 9.17) is 4.74 Å². The number of carbonyl (C=O) groups excluding carboxylic acids is 3. The molecule has 0 aliphatic rings. The Morgan fingerprint density at radius 3 is 2.24 bits per heavy atom. The molecule has 0 aromatic carbocycles. The van der Waals surface area contributed by atoms with Crippen molar-refractivity contribution in [2.24, 2.45) is 11.8 Å². The number of ether oxygens (including phenoxy) is 1. The minimum atomic E-state index is -0.363. The van der Waals surface area contributed by atoms with Gasteiger partial charge < -0.3 is 25.1 Å². The molecule has 0 unspecified atom stereocenters. The molecule has 0 spiro atoms. The van der Waals surface area contributed by atoms with Crippen molar-refractivity contribution in [3.05, 3.63) is 0 Å². The molecule has 0 radical (unpaired) electrons. The van der Waals surface area contributed by atoms with Crippen molar-refractivity contribution in [3.63, 3.8) is 0 Å². The average Bonchev–Trinajstić information content (AvgIpc) is 2.58. The molecule has 146 valence electrons. The van der Waals surface area contributed by atoms with Gasteiger partial charge >= 0.3 is 0 Å². The molecular weight excluding hydrogens is 322 g/mol. The number of rotatable bonds is 12. The number of carbonyl (C=O) groups is 3. The lowest BCUT2D eigenvalue weighted by Gasteiger charge is -2.37. The average molecular weight is 357 g/mol. The smallest absolute Gasteiger partial charge is 0.242 e. The van der Waals surface area contributed by atoms with Crippen LogP contribution in [0.4, 0.5) is 0 Å². The van der Waals surface area contributed by atoms with Crippen LogP contribution < -0.4 is 10.6 Å². The number of aldehydes is 1. The number of hydrogen-bond donors (Lipinski definition) is 2. The summed E-state index contributed by atoms with van der Waals surface area (Å²) in [5, 5.41) is 5.65. The van der Waals surface area contributed by atoms with Crippen molar-refractivity contribution >= 4 is 18.1 Å². The molecule has 0 heterocycles. The van der Waals surface area contributed by atoms with E-state index in [-0.39, 0.29) is 54.8 Å². The van der Waals surface area contributed by atoms with Crippen LogP contribution in [0.1, 0.15) is 40.5 Å². The highest BCUT2D eigenvalue weighted by Gasteiger charge is 2.32. The molecule has 4 atom stereocenters. The summed E-state index contributed by atoms with van der Waals surface area (Å²) in [5.74, 6) is -0.118. The van der Waals surface area contributed by atoms with E-state index in [9.17, 15) is 14.4 Å². The van der Waals surface area contributed by atoms with Gasteiger partial charge in [0, 0.05) is 20.6 Å². The summed E-state index contributed by atoms with van der Waals surface area (Å²) in [5.41, 5.74) is 0. The fourth-order valence-electron chi connectivity index (χ4n) is 3.04. The van der Waals surface area contributed by atoms with Crippen LogP contribution in [0.15, 0.2) is 0 Å². The standard InChI is InChI=1S/C18H35N3O4/c1-8-13(4)17(14(25-7)9-10-22)21(6)15(23)11-20-18(24)16(19-5)12(2)3/h10,12-14,16-17,19H,8-9,11H2,1-7H3,(H,20,24)/t13-,14+,16-,17-/m0/s1. The van der Waals surface area contributed by atoms with Gasteiger partial charge in [-0.1, -0.05) is 34.1 Å². The summed E-state index contributed by atoms with van der Waals surface area (Å²) in [6, 6.07) is -0.569. The Kier molecular flexibility index (Phi) is 11.3. The predicted octanol–water partition coefficient (Wildman–Crippen LogP) is 0.824. The molecule has 0 aromatic rings. The summed E-state index contributed by atoms with van der Waals surface area (Å²) in [6.45, 7) is 7.86. The zero-order chi connectivity index (χ0) is 19.6. The highest BCUT2D eigenvalue weighted by molar-refractivity contribution is 5.87. The van der Waals surface area contributed by atoms with Crippen LogP contribution in [-0.2, 0) is 19.1 Å². The van der Waals surface area contributed by atoms with Crippen LogP contribution in [0, 0.1) is 11.8 Å². The molecule has 7 heteroatoms. The molecule has 0 rings (SSSR count). The van der Waals surface area contributed by atoms with E-state index in [1.54, 1.807) is 26.1 Å². The molecule has 25 heavy (non-hydrogen) atoms. The zero-order valence-corrected chi connectivity index (χ0v) is 16.7. The molecule has 0 saturated heterocycles. The van der Waals surface area contributed by atoms with Gasteiger partial charge in [-0.25, -0.2) is 0 Å². The highest BCUT2D eigenvalue weighted by Crippen LogP contribution is 2.20. The van der Waals surface area contributed by atoms with Crippen molar-refractivity contribution in [1.29, 1.82) is 0 Å². The van der Waals surface area contributed by atoms with Gasteiger partial charge in [0.05, 0.1) is 24.7 Å². The van der Waals surface area contributed by atoms with Crippen LogP contribution in [0.3, 0.4) is 0 Å². The van der Waals surface area contributed by atoms with E-state index in [1.807, 2.05) is 27.7 Å². The van der Waals surface area contributed by atoms with Crippen LogP contribution >= 0.6 is 0 Å². The van der Waals surface area contributed by atoms with E-state index < -0.39 is 0 Å². The number of amides is 2. The van der Waals surface area contributed by atoms with Crippen molar-refractivity contribution in [1.82, 2.24) is 15.5 Å². The molecule has 2 amide bonds. The number of methoxy groups -OCH3 is 1. The predicted molar refractivity (Wildman–Crippen MR) is 98.2 cm³/mol. The third-order valence-electron chi connectivity index (χ3n) is 4.75. The first-order chi connectivity index (χ1) is 11.7. The Morgan fingerprint density at radius 1 is 1.24 bits per heavy atom. The molecule has 7 nitrogen and oxygen atoms in total. The van der Waals surface area contributed by atoms with E-state index in [0.29, 0.717) is 0 Å². The second-order valence-corrected chi connectivity index (χ2v) is 6.79. The third-order valence-corrected chi connectivity index (χ3v) is 4.75. The zero-order valence-electron chi connectivity index (χ0n) is 16.7. The van der Waals surface area contributed by atoms with E-state index in [0.717, 1.165) is 12.7 Å². The van der Waals surface area contributed by atoms with Crippen molar-refractivity contribution in [2.45, 2.75) is 58.7 Å². The van der Waals surface area contributed by atoms with E-state index in [1.165, 1.54) is 0 Å². The Balaban J connectivity index is 5.00. The van der Waals surface area contributed by atoms with Gasteiger partial charge in [0.25, 0.3) is 0 Å². The van der Waals surface area contributed by atoms with Gasteiger partial charge in [-0.3, -0.25) is 9.59 Å². The lowest BCUT2D eigenvalue weighted by atomic mass is 9.91.